The van der Waals surface area contributed by atoms with Crippen molar-refractivity contribution in [2.24, 2.45) is 35.5 Å². The molecule has 1 saturated heterocycles. The van der Waals surface area contributed by atoms with Gasteiger partial charge in [0.05, 0.1) is 11.8 Å². The highest BCUT2D eigenvalue weighted by Gasteiger charge is 2.62. The van der Waals surface area contributed by atoms with Crippen molar-refractivity contribution in [3.63, 3.8) is 0 Å². The van der Waals surface area contributed by atoms with Gasteiger partial charge in [-0.25, -0.2) is 0 Å². The molecule has 3 heteroatoms. The molecule has 5 aliphatic rings. The number of hydrogen-bond donors (Lipinski definition) is 0. The minimum atomic E-state index is -0.300. The average Bonchev–Trinajstić information content (AvgIpc) is 2.54. The first kappa shape index (κ1) is 8.74. The van der Waals surface area contributed by atoms with E-state index in [9.17, 15) is 9.59 Å². The zero-order valence-corrected chi connectivity index (χ0v) is 8.92. The third-order valence-corrected chi connectivity index (χ3v) is 4.77. The Bertz CT molecular complexity index is 474. The molecule has 0 aromatic carbocycles. The molecule has 2 bridgehead atoms. The number of rotatable bonds is 0. The fraction of sp³-hybridized carbons (Fsp3) is 0.538. The monoisotopic (exact) mass is 216 g/mol. The molecule has 0 aromatic rings. The number of carbonyl (C=O) groups is 2. The fourth-order valence-corrected chi connectivity index (χ4v) is 4.14. The predicted molar refractivity (Wildman–Crippen MR) is 54.9 cm³/mol. The number of allylic oxidation sites excluding steroid dienone is 4. The van der Waals surface area contributed by atoms with Crippen molar-refractivity contribution in [2.75, 3.05) is 0 Å². The summed E-state index contributed by atoms with van der Waals surface area (Å²) in [4.78, 5) is 23.4. The van der Waals surface area contributed by atoms with Gasteiger partial charge in [-0.15, -0.1) is 0 Å². The Morgan fingerprint density at radius 2 is 1.56 bits per heavy atom. The highest BCUT2D eigenvalue weighted by molar-refractivity contribution is 5.97. The van der Waals surface area contributed by atoms with Gasteiger partial charge in [-0.05, 0) is 30.6 Å². The van der Waals surface area contributed by atoms with E-state index < -0.39 is 0 Å². The molecule has 5 rings (SSSR count). The van der Waals surface area contributed by atoms with Gasteiger partial charge in [0, 0.05) is 0 Å². The smallest absolute Gasteiger partial charge is 0.318 e. The first-order chi connectivity index (χ1) is 7.68. The molecule has 1 aliphatic heterocycles. The summed E-state index contributed by atoms with van der Waals surface area (Å²) in [5.41, 5.74) is 1.37. The van der Waals surface area contributed by atoms with Crippen molar-refractivity contribution in [1.29, 1.82) is 0 Å². The second kappa shape index (κ2) is 2.47. The Morgan fingerprint density at radius 1 is 0.938 bits per heavy atom. The summed E-state index contributed by atoms with van der Waals surface area (Å²) < 4.78 is 4.81. The summed E-state index contributed by atoms with van der Waals surface area (Å²) in [5.74, 6) is 0.342. The van der Waals surface area contributed by atoms with Crippen LogP contribution in [0.5, 0.6) is 0 Å². The lowest BCUT2D eigenvalue weighted by atomic mass is 9.48. The van der Waals surface area contributed by atoms with E-state index in [1.807, 2.05) is 0 Å². The van der Waals surface area contributed by atoms with Crippen LogP contribution in [0.15, 0.2) is 23.8 Å². The lowest BCUT2D eigenvalue weighted by Crippen LogP contribution is -2.52. The normalized spacial score (nSPS) is 51.7. The molecule has 82 valence electrons. The van der Waals surface area contributed by atoms with Crippen LogP contribution < -0.4 is 0 Å². The predicted octanol–water partition coefficient (Wildman–Crippen LogP) is 1.31. The summed E-state index contributed by atoms with van der Waals surface area (Å²) in [6.45, 7) is 2.12. The van der Waals surface area contributed by atoms with E-state index in [0.717, 1.165) is 0 Å². The Hall–Kier alpha value is -1.38. The maximum Gasteiger partial charge on any atom is 0.318 e. The molecule has 4 aliphatic carbocycles. The van der Waals surface area contributed by atoms with Crippen molar-refractivity contribution in [3.8, 4) is 0 Å². The molecule has 2 fully saturated rings. The Kier molecular flexibility index (Phi) is 1.35. The fourth-order valence-electron chi connectivity index (χ4n) is 4.14. The van der Waals surface area contributed by atoms with E-state index >= 15 is 0 Å². The van der Waals surface area contributed by atoms with Gasteiger partial charge in [-0.2, -0.15) is 0 Å². The Labute approximate surface area is 93.2 Å². The molecule has 0 N–H and O–H groups in total. The third-order valence-electron chi connectivity index (χ3n) is 4.77. The van der Waals surface area contributed by atoms with Crippen molar-refractivity contribution in [2.45, 2.75) is 6.92 Å². The second-order valence-electron chi connectivity index (χ2n) is 5.35. The van der Waals surface area contributed by atoms with Crippen LogP contribution >= 0.6 is 0 Å². The maximum absolute atomic E-state index is 11.7. The SMILES string of the molecule is CC1=C[C@@H]2[C@@H]3C=C[C@@H]([C@H]12)[C@H]1C(=O)OC(=O)[C@H]31. The number of cyclic esters (lactones) is 2. The minimum absolute atomic E-state index is 0.197. The van der Waals surface area contributed by atoms with Gasteiger partial charge >= 0.3 is 11.9 Å². The Morgan fingerprint density at radius 3 is 2.25 bits per heavy atom. The van der Waals surface area contributed by atoms with E-state index in [0.29, 0.717) is 11.8 Å². The van der Waals surface area contributed by atoms with Crippen LogP contribution in [0, 0.1) is 35.5 Å². The highest BCUT2D eigenvalue weighted by atomic mass is 16.6. The van der Waals surface area contributed by atoms with Crippen LogP contribution in [-0.2, 0) is 14.3 Å². The summed E-state index contributed by atoms with van der Waals surface area (Å²) in [6, 6.07) is 0. The minimum Gasteiger partial charge on any atom is -0.393 e. The van der Waals surface area contributed by atoms with E-state index in [1.165, 1.54) is 5.57 Å². The quantitative estimate of drug-likeness (QED) is 0.348. The largest absolute Gasteiger partial charge is 0.393 e. The van der Waals surface area contributed by atoms with Crippen molar-refractivity contribution < 1.29 is 14.3 Å². The van der Waals surface area contributed by atoms with E-state index in [4.69, 9.17) is 4.74 Å². The van der Waals surface area contributed by atoms with Crippen molar-refractivity contribution >= 4 is 11.9 Å². The lowest BCUT2D eigenvalue weighted by molar-refractivity contribution is -0.154. The number of esters is 2. The molecule has 0 spiro atoms. The van der Waals surface area contributed by atoms with Gasteiger partial charge in [0.25, 0.3) is 0 Å². The third kappa shape index (κ3) is 0.751. The molecular formula is C13H12O3. The van der Waals surface area contributed by atoms with Gasteiger partial charge in [-0.3, -0.25) is 9.59 Å². The van der Waals surface area contributed by atoms with Crippen LogP contribution in [0.1, 0.15) is 6.92 Å². The van der Waals surface area contributed by atoms with Gasteiger partial charge in [0.1, 0.15) is 0 Å². The molecule has 0 radical (unpaired) electrons. The van der Waals surface area contributed by atoms with Crippen LogP contribution in [0.3, 0.4) is 0 Å². The van der Waals surface area contributed by atoms with E-state index in [2.05, 4.69) is 25.2 Å². The molecule has 6 atom stereocenters. The zero-order chi connectivity index (χ0) is 11.0. The summed E-state index contributed by atoms with van der Waals surface area (Å²) in [5, 5.41) is 0. The summed E-state index contributed by atoms with van der Waals surface area (Å²) >= 11 is 0. The first-order valence-electron chi connectivity index (χ1n) is 5.80. The van der Waals surface area contributed by atoms with Crippen LogP contribution in [0.2, 0.25) is 0 Å². The second-order valence-corrected chi connectivity index (χ2v) is 5.35. The molecule has 0 amide bonds. The van der Waals surface area contributed by atoms with Gasteiger partial charge in [-0.1, -0.05) is 23.8 Å². The lowest BCUT2D eigenvalue weighted by Gasteiger charge is -2.53. The average molecular weight is 216 g/mol. The topological polar surface area (TPSA) is 43.4 Å². The van der Waals surface area contributed by atoms with Gasteiger partial charge < -0.3 is 4.74 Å². The van der Waals surface area contributed by atoms with Crippen LogP contribution in [0.4, 0.5) is 0 Å². The number of ether oxygens (including phenoxy) is 1. The standard InChI is InChI=1S/C13H12O3/c1-5-4-8-6-2-3-7(9(5)8)11-10(6)12(14)16-13(11)15/h2-4,6-11H,1H3/t6-,7-,8+,9-,10+,11+/m0/s1. The molecule has 3 nitrogen and oxygen atoms in total. The first-order valence-corrected chi connectivity index (χ1v) is 5.80. The molecule has 1 saturated carbocycles. The molecule has 1 heterocycles. The Balaban J connectivity index is 1.86. The van der Waals surface area contributed by atoms with E-state index in [1.54, 1.807) is 0 Å². The molecule has 0 aromatic heterocycles. The highest BCUT2D eigenvalue weighted by Crippen LogP contribution is 2.60. The zero-order valence-electron chi connectivity index (χ0n) is 8.92. The number of carbonyl (C=O) groups excluding carboxylic acids is 2. The van der Waals surface area contributed by atoms with Crippen molar-refractivity contribution in [1.82, 2.24) is 0 Å². The van der Waals surface area contributed by atoms with Crippen LogP contribution in [0.25, 0.3) is 0 Å². The van der Waals surface area contributed by atoms with Gasteiger partial charge in [0.2, 0.25) is 0 Å². The molecule has 0 unspecified atom stereocenters. The number of hydrogen-bond acceptors (Lipinski definition) is 3. The van der Waals surface area contributed by atoms with Gasteiger partial charge in [0.15, 0.2) is 0 Å². The molecule has 16 heavy (non-hydrogen) atoms. The van der Waals surface area contributed by atoms with Crippen molar-refractivity contribution in [3.05, 3.63) is 23.8 Å². The molecular weight excluding hydrogens is 204 g/mol. The van der Waals surface area contributed by atoms with E-state index in [-0.39, 0.29) is 35.6 Å². The summed E-state index contributed by atoms with van der Waals surface area (Å²) in [6.07, 6.45) is 6.50. The summed E-state index contributed by atoms with van der Waals surface area (Å²) in [7, 11) is 0. The van der Waals surface area contributed by atoms with Crippen LogP contribution in [-0.4, -0.2) is 11.9 Å². The maximum atomic E-state index is 11.7.